The van der Waals surface area contributed by atoms with E-state index in [9.17, 15) is 5.11 Å². The van der Waals surface area contributed by atoms with Crippen molar-refractivity contribution in [1.29, 1.82) is 0 Å². The molecule has 0 amide bonds. The number of nitrogens with two attached hydrogens (primary N) is 1. The van der Waals surface area contributed by atoms with E-state index >= 15 is 0 Å². The van der Waals surface area contributed by atoms with Crippen molar-refractivity contribution < 1.29 is 15.2 Å². The first kappa shape index (κ1) is 9.19. The van der Waals surface area contributed by atoms with Gasteiger partial charge in [-0.05, 0) is 13.0 Å². The van der Waals surface area contributed by atoms with Crippen molar-refractivity contribution in [3.05, 3.63) is 12.2 Å². The quantitative estimate of drug-likeness (QED) is 0.564. The Hall–Kier alpha value is -0.380. The summed E-state index contributed by atoms with van der Waals surface area (Å²) in [7, 11) is 2.03. The van der Waals surface area contributed by atoms with Crippen molar-refractivity contribution in [1.82, 2.24) is 0 Å². The van der Waals surface area contributed by atoms with Crippen LogP contribution in [0.25, 0.3) is 0 Å². The number of quaternary nitrogens is 1. The molecular formula is C10H18NO2+. The van der Waals surface area contributed by atoms with E-state index in [4.69, 9.17) is 4.74 Å². The molecule has 0 unspecified atom stereocenters. The molecule has 0 aromatic carbocycles. The van der Waals surface area contributed by atoms with Crippen molar-refractivity contribution in [2.45, 2.75) is 37.1 Å². The Morgan fingerprint density at radius 3 is 3.00 bits per heavy atom. The van der Waals surface area contributed by atoms with Gasteiger partial charge in [0.1, 0.15) is 12.1 Å². The van der Waals surface area contributed by atoms with E-state index in [1.165, 1.54) is 0 Å². The topological polar surface area (TPSA) is 46.1 Å². The number of likely N-dealkylation sites (N-methyl/N-ethyl adjacent to an activating group) is 1. The minimum absolute atomic E-state index is 0.207. The molecule has 74 valence electrons. The largest absolute Gasteiger partial charge is 0.393 e. The van der Waals surface area contributed by atoms with Crippen LogP contribution in [0.2, 0.25) is 0 Å². The number of rotatable bonds is 2. The summed E-state index contributed by atoms with van der Waals surface area (Å²) in [4.78, 5) is 0. The zero-order valence-electron chi connectivity index (χ0n) is 8.29. The van der Waals surface area contributed by atoms with Gasteiger partial charge < -0.3 is 15.2 Å². The van der Waals surface area contributed by atoms with Crippen molar-refractivity contribution >= 4 is 0 Å². The van der Waals surface area contributed by atoms with E-state index in [1.807, 2.05) is 14.0 Å². The summed E-state index contributed by atoms with van der Waals surface area (Å²) < 4.78 is 5.98. The zero-order valence-corrected chi connectivity index (χ0v) is 8.29. The van der Waals surface area contributed by atoms with Crippen LogP contribution >= 0.6 is 0 Å². The van der Waals surface area contributed by atoms with E-state index in [0.29, 0.717) is 0 Å². The molecule has 2 aliphatic rings. The Morgan fingerprint density at radius 2 is 2.31 bits per heavy atom. The first-order valence-electron chi connectivity index (χ1n) is 4.94. The van der Waals surface area contributed by atoms with Crippen LogP contribution in [0, 0.1) is 0 Å². The normalized spacial score (nSPS) is 48.4. The van der Waals surface area contributed by atoms with Crippen LogP contribution in [0.4, 0.5) is 0 Å². The standard InChI is InChI=1S/C10H17NO2/c1-9-3-4-10(13-9,7-11-2)6-8(12)5-9/h3-4,8,11-12H,5-7H2,1-2H3/p+1/t8-,9+,10-/m0/s1. The van der Waals surface area contributed by atoms with E-state index < -0.39 is 0 Å². The molecule has 2 aliphatic heterocycles. The number of fused-ring (bicyclic) bond motifs is 2. The fourth-order valence-corrected chi connectivity index (χ4v) is 2.56. The highest BCUT2D eigenvalue weighted by molar-refractivity contribution is 5.21. The maximum Gasteiger partial charge on any atom is 0.138 e. The maximum atomic E-state index is 9.71. The van der Waals surface area contributed by atoms with Gasteiger partial charge in [-0.2, -0.15) is 0 Å². The zero-order chi connectivity index (χ0) is 9.53. The SMILES string of the molecule is C[NH2+]C[C@]12C=C[C@](C)(C[C@H](O)C1)O2. The first-order valence-corrected chi connectivity index (χ1v) is 4.94. The van der Waals surface area contributed by atoms with Crippen LogP contribution in [0.1, 0.15) is 19.8 Å². The predicted octanol–water partition coefficient (Wildman–Crippen LogP) is -0.582. The average Bonchev–Trinajstić information content (AvgIpc) is 2.22. The lowest BCUT2D eigenvalue weighted by Gasteiger charge is -2.39. The maximum absolute atomic E-state index is 9.71. The minimum Gasteiger partial charge on any atom is -0.393 e. The molecule has 1 fully saturated rings. The third kappa shape index (κ3) is 1.52. The van der Waals surface area contributed by atoms with Gasteiger partial charge in [0.25, 0.3) is 0 Å². The monoisotopic (exact) mass is 184 g/mol. The number of aliphatic hydroxyl groups excluding tert-OH is 1. The van der Waals surface area contributed by atoms with Crippen LogP contribution in [0.15, 0.2) is 12.2 Å². The van der Waals surface area contributed by atoms with E-state index in [0.717, 1.165) is 19.4 Å². The smallest absolute Gasteiger partial charge is 0.138 e. The third-order valence-corrected chi connectivity index (χ3v) is 2.95. The Balaban J connectivity index is 2.19. The molecule has 0 aromatic rings. The van der Waals surface area contributed by atoms with Crippen LogP contribution < -0.4 is 5.32 Å². The second-order valence-corrected chi connectivity index (χ2v) is 4.49. The van der Waals surface area contributed by atoms with Crippen LogP contribution in [-0.2, 0) is 4.74 Å². The van der Waals surface area contributed by atoms with E-state index in [-0.39, 0.29) is 17.3 Å². The molecule has 2 heterocycles. The van der Waals surface area contributed by atoms with E-state index in [1.54, 1.807) is 0 Å². The van der Waals surface area contributed by atoms with Gasteiger partial charge in [-0.15, -0.1) is 0 Å². The molecule has 3 N–H and O–H groups in total. The van der Waals surface area contributed by atoms with Crippen LogP contribution in [-0.4, -0.2) is 36.0 Å². The molecule has 2 bridgehead atoms. The lowest BCUT2D eigenvalue weighted by Crippen LogP contribution is -2.84. The molecule has 3 atom stereocenters. The molecule has 1 saturated heterocycles. The molecule has 3 nitrogen and oxygen atoms in total. The molecule has 13 heavy (non-hydrogen) atoms. The number of aliphatic hydroxyl groups is 1. The van der Waals surface area contributed by atoms with Crippen molar-refractivity contribution in [2.24, 2.45) is 0 Å². The second kappa shape index (κ2) is 2.80. The van der Waals surface area contributed by atoms with Gasteiger partial charge in [0.2, 0.25) is 0 Å². The Labute approximate surface area is 78.8 Å². The van der Waals surface area contributed by atoms with Gasteiger partial charge in [0.05, 0.1) is 18.8 Å². The second-order valence-electron chi connectivity index (χ2n) is 4.49. The highest BCUT2D eigenvalue weighted by atomic mass is 16.5. The van der Waals surface area contributed by atoms with Gasteiger partial charge in [-0.25, -0.2) is 0 Å². The Kier molecular flexibility index (Phi) is 1.98. The summed E-state index contributed by atoms with van der Waals surface area (Å²) in [5, 5.41) is 11.8. The lowest BCUT2D eigenvalue weighted by atomic mass is 9.90. The molecule has 3 heteroatoms. The van der Waals surface area contributed by atoms with Crippen LogP contribution in [0.3, 0.4) is 0 Å². The third-order valence-electron chi connectivity index (χ3n) is 2.95. The van der Waals surface area contributed by atoms with Gasteiger partial charge in [0, 0.05) is 12.8 Å². The molecular weight excluding hydrogens is 166 g/mol. The summed E-state index contributed by atoms with van der Waals surface area (Å²) in [6.07, 6.45) is 5.49. The van der Waals surface area contributed by atoms with Gasteiger partial charge >= 0.3 is 0 Å². The Morgan fingerprint density at radius 1 is 1.54 bits per heavy atom. The molecule has 0 aliphatic carbocycles. The van der Waals surface area contributed by atoms with Crippen LogP contribution in [0.5, 0.6) is 0 Å². The molecule has 0 aromatic heterocycles. The van der Waals surface area contributed by atoms with Gasteiger partial charge in [-0.1, -0.05) is 6.08 Å². The summed E-state index contributed by atoms with van der Waals surface area (Å²) in [6, 6.07) is 0. The van der Waals surface area contributed by atoms with Gasteiger partial charge in [0.15, 0.2) is 0 Å². The van der Waals surface area contributed by atoms with Crippen molar-refractivity contribution in [3.8, 4) is 0 Å². The highest BCUT2D eigenvalue weighted by Gasteiger charge is 2.49. The van der Waals surface area contributed by atoms with Crippen molar-refractivity contribution in [3.63, 3.8) is 0 Å². The fraction of sp³-hybridized carbons (Fsp3) is 0.800. The predicted molar refractivity (Wildman–Crippen MR) is 49.3 cm³/mol. The number of hydrogen-bond donors (Lipinski definition) is 2. The average molecular weight is 184 g/mol. The number of ether oxygens (including phenoxy) is 1. The first-order chi connectivity index (χ1) is 6.08. The lowest BCUT2D eigenvalue weighted by molar-refractivity contribution is -0.640. The summed E-state index contributed by atoms with van der Waals surface area (Å²) in [5.74, 6) is 0. The summed E-state index contributed by atoms with van der Waals surface area (Å²) >= 11 is 0. The molecule has 0 radical (unpaired) electrons. The summed E-state index contributed by atoms with van der Waals surface area (Å²) in [5.41, 5.74) is -0.429. The van der Waals surface area contributed by atoms with Crippen molar-refractivity contribution in [2.75, 3.05) is 13.6 Å². The minimum atomic E-state index is -0.222. The fourth-order valence-electron chi connectivity index (χ4n) is 2.56. The van der Waals surface area contributed by atoms with Gasteiger partial charge in [-0.3, -0.25) is 0 Å². The molecule has 2 rings (SSSR count). The number of hydrogen-bond acceptors (Lipinski definition) is 2. The highest BCUT2D eigenvalue weighted by Crippen LogP contribution is 2.42. The Bertz CT molecular complexity index is 241. The molecule has 0 saturated carbocycles. The molecule has 0 spiro atoms. The van der Waals surface area contributed by atoms with E-state index in [2.05, 4.69) is 17.5 Å². The summed E-state index contributed by atoms with van der Waals surface area (Å²) in [6.45, 7) is 2.94.